The Bertz CT molecular complexity index is 543. The Morgan fingerprint density at radius 3 is 2.58 bits per heavy atom. The number of ether oxygens (including phenoxy) is 1. The maximum atomic E-state index is 14.2. The molecular formula is C18H26FN3O2. The SMILES string of the molecule is O=C(CN1CCOCC1)NC[C@H](c1ccccc1F)N1CCCC1. The highest BCUT2D eigenvalue weighted by Crippen LogP contribution is 2.26. The number of halogens is 1. The van der Waals surface area contributed by atoms with E-state index in [9.17, 15) is 9.18 Å². The summed E-state index contributed by atoms with van der Waals surface area (Å²) in [6.45, 7) is 5.68. The van der Waals surface area contributed by atoms with Crippen LogP contribution in [0.2, 0.25) is 0 Å². The van der Waals surface area contributed by atoms with Crippen molar-refractivity contribution in [1.29, 1.82) is 0 Å². The Morgan fingerprint density at radius 1 is 1.17 bits per heavy atom. The topological polar surface area (TPSA) is 44.8 Å². The number of likely N-dealkylation sites (tertiary alicyclic amines) is 1. The molecule has 0 bridgehead atoms. The summed E-state index contributed by atoms with van der Waals surface area (Å²) in [4.78, 5) is 16.6. The molecule has 0 unspecified atom stereocenters. The number of carbonyl (C=O) groups excluding carboxylic acids is 1. The molecule has 1 aromatic carbocycles. The first-order chi connectivity index (χ1) is 11.7. The van der Waals surface area contributed by atoms with Crippen LogP contribution in [-0.4, -0.2) is 68.2 Å². The third-order valence-corrected chi connectivity index (χ3v) is 4.81. The van der Waals surface area contributed by atoms with Gasteiger partial charge >= 0.3 is 0 Å². The van der Waals surface area contributed by atoms with Crippen molar-refractivity contribution in [2.45, 2.75) is 18.9 Å². The Labute approximate surface area is 142 Å². The molecule has 0 aromatic heterocycles. The molecule has 6 heteroatoms. The van der Waals surface area contributed by atoms with Crippen LogP contribution in [-0.2, 0) is 9.53 Å². The second-order valence-corrected chi connectivity index (χ2v) is 6.47. The molecule has 0 saturated carbocycles. The summed E-state index contributed by atoms with van der Waals surface area (Å²) >= 11 is 0. The largest absolute Gasteiger partial charge is 0.379 e. The minimum Gasteiger partial charge on any atom is -0.379 e. The summed E-state index contributed by atoms with van der Waals surface area (Å²) in [6.07, 6.45) is 2.26. The zero-order chi connectivity index (χ0) is 16.8. The first-order valence-electron chi connectivity index (χ1n) is 8.79. The van der Waals surface area contributed by atoms with Crippen LogP contribution in [0.4, 0.5) is 4.39 Å². The number of morpholine rings is 1. The molecule has 2 saturated heterocycles. The number of rotatable bonds is 6. The second-order valence-electron chi connectivity index (χ2n) is 6.47. The maximum absolute atomic E-state index is 14.2. The Hall–Kier alpha value is -1.50. The van der Waals surface area contributed by atoms with E-state index in [1.807, 2.05) is 12.1 Å². The number of amides is 1. The number of carbonyl (C=O) groups is 1. The van der Waals surface area contributed by atoms with Crippen LogP contribution in [0.5, 0.6) is 0 Å². The average Bonchev–Trinajstić information content (AvgIpc) is 3.12. The summed E-state index contributed by atoms with van der Waals surface area (Å²) in [5, 5.41) is 3.00. The Balaban J connectivity index is 1.59. The van der Waals surface area contributed by atoms with Gasteiger partial charge in [-0.05, 0) is 32.0 Å². The van der Waals surface area contributed by atoms with Gasteiger partial charge < -0.3 is 10.1 Å². The third kappa shape index (κ3) is 4.53. The highest BCUT2D eigenvalue weighted by Gasteiger charge is 2.26. The minimum atomic E-state index is -0.197. The number of hydrogen-bond acceptors (Lipinski definition) is 4. The minimum absolute atomic E-state index is 0.00237. The van der Waals surface area contributed by atoms with E-state index in [-0.39, 0.29) is 17.8 Å². The fourth-order valence-electron chi connectivity index (χ4n) is 3.46. The quantitative estimate of drug-likeness (QED) is 0.854. The number of benzene rings is 1. The van der Waals surface area contributed by atoms with Crippen molar-refractivity contribution in [3.05, 3.63) is 35.6 Å². The van der Waals surface area contributed by atoms with E-state index < -0.39 is 0 Å². The molecule has 24 heavy (non-hydrogen) atoms. The monoisotopic (exact) mass is 335 g/mol. The molecule has 1 aromatic rings. The van der Waals surface area contributed by atoms with Gasteiger partial charge in [0.15, 0.2) is 0 Å². The molecule has 2 heterocycles. The van der Waals surface area contributed by atoms with E-state index in [1.165, 1.54) is 6.07 Å². The fourth-order valence-corrected chi connectivity index (χ4v) is 3.46. The molecule has 3 rings (SSSR count). The van der Waals surface area contributed by atoms with Crippen molar-refractivity contribution in [3.8, 4) is 0 Å². The zero-order valence-corrected chi connectivity index (χ0v) is 14.0. The number of nitrogens with one attached hydrogen (secondary N) is 1. The molecule has 1 atom stereocenters. The van der Waals surface area contributed by atoms with Gasteiger partial charge in [-0.3, -0.25) is 14.6 Å². The standard InChI is InChI=1S/C18H26FN3O2/c19-16-6-2-1-5-15(16)17(22-7-3-4-8-22)13-20-18(23)14-21-9-11-24-12-10-21/h1-2,5-6,17H,3-4,7-14H2,(H,20,23)/t17-/m1/s1. The molecule has 0 radical (unpaired) electrons. The van der Waals surface area contributed by atoms with Crippen molar-refractivity contribution < 1.29 is 13.9 Å². The summed E-state index contributed by atoms with van der Waals surface area (Å²) in [5.74, 6) is -0.200. The van der Waals surface area contributed by atoms with E-state index in [1.54, 1.807) is 6.07 Å². The van der Waals surface area contributed by atoms with Gasteiger partial charge in [-0.25, -0.2) is 4.39 Å². The van der Waals surface area contributed by atoms with Gasteiger partial charge in [0.2, 0.25) is 5.91 Å². The Morgan fingerprint density at radius 2 is 1.88 bits per heavy atom. The fraction of sp³-hybridized carbons (Fsp3) is 0.611. The molecule has 0 spiro atoms. The molecule has 132 valence electrons. The van der Waals surface area contributed by atoms with Gasteiger partial charge in [-0.2, -0.15) is 0 Å². The first kappa shape index (κ1) is 17.3. The highest BCUT2D eigenvalue weighted by molar-refractivity contribution is 5.78. The zero-order valence-electron chi connectivity index (χ0n) is 14.0. The van der Waals surface area contributed by atoms with Gasteiger partial charge in [0.25, 0.3) is 0 Å². The molecule has 0 aliphatic carbocycles. The predicted octanol–water partition coefficient (Wildman–Crippen LogP) is 1.41. The van der Waals surface area contributed by atoms with Crippen LogP contribution in [0.15, 0.2) is 24.3 Å². The van der Waals surface area contributed by atoms with Crippen molar-refractivity contribution in [3.63, 3.8) is 0 Å². The predicted molar refractivity (Wildman–Crippen MR) is 90.2 cm³/mol. The highest BCUT2D eigenvalue weighted by atomic mass is 19.1. The van der Waals surface area contributed by atoms with Gasteiger partial charge in [0.1, 0.15) is 5.82 Å². The van der Waals surface area contributed by atoms with Gasteiger partial charge in [-0.1, -0.05) is 18.2 Å². The van der Waals surface area contributed by atoms with Gasteiger partial charge in [-0.15, -0.1) is 0 Å². The van der Waals surface area contributed by atoms with Crippen LogP contribution in [0.25, 0.3) is 0 Å². The lowest BCUT2D eigenvalue weighted by Gasteiger charge is -2.29. The maximum Gasteiger partial charge on any atom is 0.234 e. The van der Waals surface area contributed by atoms with Gasteiger partial charge in [0, 0.05) is 25.2 Å². The molecule has 2 aliphatic heterocycles. The smallest absolute Gasteiger partial charge is 0.234 e. The van der Waals surface area contributed by atoms with Crippen molar-refractivity contribution in [2.24, 2.45) is 0 Å². The van der Waals surface area contributed by atoms with Crippen LogP contribution < -0.4 is 5.32 Å². The lowest BCUT2D eigenvalue weighted by atomic mass is 10.0. The number of hydrogen-bond donors (Lipinski definition) is 1. The molecule has 1 amide bonds. The van der Waals surface area contributed by atoms with E-state index in [0.717, 1.165) is 39.0 Å². The summed E-state index contributed by atoms with van der Waals surface area (Å²) in [5.41, 5.74) is 0.672. The van der Waals surface area contributed by atoms with Crippen molar-refractivity contribution in [1.82, 2.24) is 15.1 Å². The third-order valence-electron chi connectivity index (χ3n) is 4.81. The Kier molecular flexibility index (Phi) is 6.18. The summed E-state index contributed by atoms with van der Waals surface area (Å²) < 4.78 is 19.5. The van der Waals surface area contributed by atoms with Crippen LogP contribution in [0, 0.1) is 5.82 Å². The van der Waals surface area contributed by atoms with Crippen molar-refractivity contribution >= 4 is 5.91 Å². The van der Waals surface area contributed by atoms with E-state index >= 15 is 0 Å². The second kappa shape index (κ2) is 8.55. The van der Waals surface area contributed by atoms with Gasteiger partial charge in [0.05, 0.1) is 25.8 Å². The molecule has 2 aliphatic rings. The molecular weight excluding hydrogens is 309 g/mol. The normalized spacial score (nSPS) is 20.9. The van der Waals surface area contributed by atoms with Crippen LogP contribution in [0.3, 0.4) is 0 Å². The molecule has 1 N–H and O–H groups in total. The summed E-state index contributed by atoms with van der Waals surface area (Å²) in [7, 11) is 0. The molecule has 5 nitrogen and oxygen atoms in total. The van der Waals surface area contributed by atoms with E-state index in [0.29, 0.717) is 31.9 Å². The lowest BCUT2D eigenvalue weighted by molar-refractivity contribution is -0.123. The first-order valence-corrected chi connectivity index (χ1v) is 8.79. The lowest BCUT2D eigenvalue weighted by Crippen LogP contribution is -2.45. The molecule has 2 fully saturated rings. The van der Waals surface area contributed by atoms with Crippen LogP contribution >= 0.6 is 0 Å². The van der Waals surface area contributed by atoms with E-state index in [2.05, 4.69) is 15.1 Å². The van der Waals surface area contributed by atoms with Crippen LogP contribution in [0.1, 0.15) is 24.4 Å². The number of nitrogens with zero attached hydrogens (tertiary/aromatic N) is 2. The summed E-state index contributed by atoms with van der Waals surface area (Å²) in [6, 6.07) is 6.79. The van der Waals surface area contributed by atoms with Crippen molar-refractivity contribution in [2.75, 3.05) is 52.5 Å². The average molecular weight is 335 g/mol. The van der Waals surface area contributed by atoms with E-state index in [4.69, 9.17) is 4.74 Å².